The molecule has 0 aromatic carbocycles. The van der Waals surface area contributed by atoms with Crippen LogP contribution in [0, 0.1) is 0 Å². The summed E-state index contributed by atoms with van der Waals surface area (Å²) in [5, 5.41) is 0. The van der Waals surface area contributed by atoms with E-state index in [1.54, 1.807) is 0 Å². The highest BCUT2D eigenvalue weighted by Gasteiger charge is 2.46. The van der Waals surface area contributed by atoms with Crippen LogP contribution in [0.4, 0.5) is 0 Å². The van der Waals surface area contributed by atoms with E-state index in [4.69, 9.17) is 20.9 Å². The molecule has 4 atom stereocenters. The highest BCUT2D eigenvalue weighted by molar-refractivity contribution is 4.94. The third-order valence-electron chi connectivity index (χ3n) is 5.79. The molecule has 1 fully saturated rings. The first kappa shape index (κ1) is 24.9. The fourth-order valence-electron chi connectivity index (χ4n) is 4.13. The van der Waals surface area contributed by atoms with Gasteiger partial charge in [-0.05, 0) is 26.7 Å². The molecule has 2 unspecified atom stereocenters. The van der Waals surface area contributed by atoms with Crippen molar-refractivity contribution >= 4 is 0 Å². The Balaban J connectivity index is 2.36. The Morgan fingerprint density at radius 2 is 0.963 bits per heavy atom. The van der Waals surface area contributed by atoms with Crippen molar-refractivity contribution in [3.8, 4) is 0 Å². The van der Waals surface area contributed by atoms with Crippen molar-refractivity contribution in [1.82, 2.24) is 0 Å². The van der Waals surface area contributed by atoms with Gasteiger partial charge in [0.25, 0.3) is 0 Å². The zero-order chi connectivity index (χ0) is 20.1. The molecule has 1 rings (SSSR count). The predicted molar refractivity (Wildman–Crippen MR) is 116 cm³/mol. The summed E-state index contributed by atoms with van der Waals surface area (Å²) in [5.74, 6) is -0.577. The number of hydrogen-bond acceptors (Lipinski definition) is 4. The summed E-state index contributed by atoms with van der Waals surface area (Å²) in [6.45, 7) is 8.47. The topological polar surface area (TPSA) is 70.5 Å². The number of rotatable bonds is 16. The largest absolute Gasteiger partial charge is 0.343 e. The summed E-state index contributed by atoms with van der Waals surface area (Å²) >= 11 is 0. The van der Waals surface area contributed by atoms with Crippen LogP contribution in [0.25, 0.3) is 0 Å². The minimum atomic E-state index is -0.577. The molecule has 0 aromatic rings. The molecule has 1 heterocycles. The molecule has 4 nitrogen and oxygen atoms in total. The molecule has 1 aliphatic heterocycles. The maximum Gasteiger partial charge on any atom is 0.163 e. The zero-order valence-corrected chi connectivity index (χ0v) is 18.7. The normalized spacial score (nSPS) is 24.2. The molecule has 0 bridgehead atoms. The summed E-state index contributed by atoms with van der Waals surface area (Å²) in [4.78, 5) is 0. The van der Waals surface area contributed by atoms with Gasteiger partial charge in [0, 0.05) is 12.1 Å². The highest BCUT2D eigenvalue weighted by atomic mass is 16.8. The van der Waals surface area contributed by atoms with E-state index in [0.717, 1.165) is 12.8 Å². The second kappa shape index (κ2) is 13.9. The summed E-state index contributed by atoms with van der Waals surface area (Å²) in [7, 11) is 0. The van der Waals surface area contributed by atoms with Gasteiger partial charge in [-0.25, -0.2) is 0 Å². The molecular weight excluding hydrogens is 336 g/mol. The van der Waals surface area contributed by atoms with Crippen LogP contribution < -0.4 is 11.5 Å². The first-order valence-corrected chi connectivity index (χ1v) is 11.8. The van der Waals surface area contributed by atoms with Crippen molar-refractivity contribution in [1.29, 1.82) is 0 Å². The zero-order valence-electron chi connectivity index (χ0n) is 18.7. The first-order valence-electron chi connectivity index (χ1n) is 11.8. The van der Waals surface area contributed by atoms with Gasteiger partial charge in [0.15, 0.2) is 5.79 Å². The Morgan fingerprint density at radius 1 is 0.630 bits per heavy atom. The summed E-state index contributed by atoms with van der Waals surface area (Å²) in [6, 6.07) is 0.0251. The Morgan fingerprint density at radius 3 is 1.33 bits per heavy atom. The fourth-order valence-corrected chi connectivity index (χ4v) is 4.13. The Hall–Kier alpha value is -0.160. The van der Waals surface area contributed by atoms with Gasteiger partial charge in [0.2, 0.25) is 0 Å². The first-order chi connectivity index (χ1) is 12.9. The van der Waals surface area contributed by atoms with Crippen LogP contribution in [0.3, 0.4) is 0 Å². The van der Waals surface area contributed by atoms with Gasteiger partial charge in [-0.3, -0.25) is 0 Å². The van der Waals surface area contributed by atoms with Gasteiger partial charge in [-0.15, -0.1) is 0 Å². The quantitative estimate of drug-likeness (QED) is 0.337. The van der Waals surface area contributed by atoms with Crippen molar-refractivity contribution in [3.63, 3.8) is 0 Å². The third kappa shape index (κ3) is 10.3. The molecule has 0 aromatic heterocycles. The molecule has 0 saturated carbocycles. The van der Waals surface area contributed by atoms with E-state index >= 15 is 0 Å². The molecule has 0 spiro atoms. The fraction of sp³-hybridized carbons (Fsp3) is 1.00. The third-order valence-corrected chi connectivity index (χ3v) is 5.79. The minimum absolute atomic E-state index is 0.0126. The lowest BCUT2D eigenvalue weighted by Gasteiger charge is -2.27. The molecule has 162 valence electrons. The van der Waals surface area contributed by atoms with Crippen LogP contribution in [0.5, 0.6) is 0 Å². The standard InChI is InChI=1S/C23H48N2O2/c1-5-7-9-11-13-15-17-19(24)21-22(27-23(3,4)26-21)20(25)18-16-14-12-10-8-6-2/h19-22H,5-18,24-25H2,1-4H3/t19?,20?,21-,22-/m0/s1. The van der Waals surface area contributed by atoms with E-state index < -0.39 is 5.79 Å². The molecule has 4 N–H and O–H groups in total. The van der Waals surface area contributed by atoms with Gasteiger partial charge in [-0.2, -0.15) is 0 Å². The van der Waals surface area contributed by atoms with Gasteiger partial charge in [0.05, 0.1) is 0 Å². The van der Waals surface area contributed by atoms with Crippen molar-refractivity contribution in [2.24, 2.45) is 11.5 Å². The van der Waals surface area contributed by atoms with Crippen LogP contribution >= 0.6 is 0 Å². The monoisotopic (exact) mass is 384 g/mol. The van der Waals surface area contributed by atoms with Gasteiger partial charge in [0.1, 0.15) is 12.2 Å². The molecule has 0 radical (unpaired) electrons. The Labute approximate surface area is 169 Å². The maximum atomic E-state index is 6.52. The summed E-state index contributed by atoms with van der Waals surface area (Å²) < 4.78 is 12.3. The SMILES string of the molecule is CCCCCCCCC(N)[C@@H]1OC(C)(C)O[C@H]1C(N)CCCCCCCC. The van der Waals surface area contributed by atoms with Crippen molar-refractivity contribution < 1.29 is 9.47 Å². The highest BCUT2D eigenvalue weighted by Crippen LogP contribution is 2.33. The van der Waals surface area contributed by atoms with Crippen molar-refractivity contribution in [2.45, 2.75) is 148 Å². The molecule has 1 aliphatic rings. The summed E-state index contributed by atoms with van der Waals surface area (Å²) in [5.41, 5.74) is 13.0. The number of unbranched alkanes of at least 4 members (excludes halogenated alkanes) is 10. The smallest absolute Gasteiger partial charge is 0.163 e. The van der Waals surface area contributed by atoms with E-state index in [0.29, 0.717) is 0 Å². The van der Waals surface area contributed by atoms with E-state index in [1.807, 2.05) is 13.8 Å². The van der Waals surface area contributed by atoms with Crippen LogP contribution in [0.1, 0.15) is 118 Å². The van der Waals surface area contributed by atoms with Gasteiger partial charge >= 0.3 is 0 Å². The van der Waals surface area contributed by atoms with E-state index in [-0.39, 0.29) is 24.3 Å². The van der Waals surface area contributed by atoms with Crippen LogP contribution in [0.2, 0.25) is 0 Å². The Bertz CT molecular complexity index is 330. The predicted octanol–water partition coefficient (Wildman–Crippen LogP) is 5.66. The van der Waals surface area contributed by atoms with E-state index in [1.165, 1.54) is 77.0 Å². The summed E-state index contributed by atoms with van der Waals surface area (Å²) in [6.07, 6.45) is 17.3. The van der Waals surface area contributed by atoms with Gasteiger partial charge in [-0.1, -0.05) is 90.9 Å². The minimum Gasteiger partial charge on any atom is -0.343 e. The molecule has 0 aliphatic carbocycles. The van der Waals surface area contributed by atoms with Crippen LogP contribution in [0.15, 0.2) is 0 Å². The van der Waals surface area contributed by atoms with Crippen molar-refractivity contribution in [3.05, 3.63) is 0 Å². The lowest BCUT2D eigenvalue weighted by molar-refractivity contribution is -0.149. The second-order valence-corrected chi connectivity index (χ2v) is 9.01. The second-order valence-electron chi connectivity index (χ2n) is 9.01. The number of nitrogens with two attached hydrogens (primary N) is 2. The van der Waals surface area contributed by atoms with Crippen molar-refractivity contribution in [2.75, 3.05) is 0 Å². The van der Waals surface area contributed by atoms with Gasteiger partial charge < -0.3 is 20.9 Å². The molecule has 4 heteroatoms. The number of ether oxygens (including phenoxy) is 2. The maximum absolute atomic E-state index is 6.52. The van der Waals surface area contributed by atoms with Crippen LogP contribution in [-0.4, -0.2) is 30.1 Å². The van der Waals surface area contributed by atoms with E-state index in [9.17, 15) is 0 Å². The average Bonchev–Trinajstić information content (AvgIpc) is 2.96. The number of hydrogen-bond donors (Lipinski definition) is 2. The average molecular weight is 385 g/mol. The lowest BCUT2D eigenvalue weighted by atomic mass is 9.93. The molecule has 0 amide bonds. The Kier molecular flexibility index (Phi) is 12.8. The molecule has 27 heavy (non-hydrogen) atoms. The van der Waals surface area contributed by atoms with Crippen LogP contribution in [-0.2, 0) is 9.47 Å². The molecule has 1 saturated heterocycles. The van der Waals surface area contributed by atoms with E-state index in [2.05, 4.69) is 13.8 Å². The lowest BCUT2D eigenvalue weighted by Crippen LogP contribution is -2.49. The molecular formula is C23H48N2O2.